The number of halogens is 1. The van der Waals surface area contributed by atoms with E-state index in [0.29, 0.717) is 23.0 Å². The zero-order chi connectivity index (χ0) is 27.9. The van der Waals surface area contributed by atoms with Crippen molar-refractivity contribution in [3.63, 3.8) is 0 Å². The van der Waals surface area contributed by atoms with Gasteiger partial charge in [0.05, 0.1) is 11.8 Å². The lowest BCUT2D eigenvalue weighted by atomic mass is 9.80. The standard InChI is InChI=1S/C28H37FN6O3/c1-7-14-30-24-20(17-31-26(34-24)33-22-12-10-21(29)11-13-22)9-8-19-15-23(16-19)32-25(36)18(2)35(6)27(37)38-28(3,4)5/h10-13,17-19,23H,7,14-16H2,1-6H3,(H,32,36)(H2,30,31,33,34)/t18-,19?,23?/m0/s1. The third kappa shape index (κ3) is 8.33. The van der Waals surface area contributed by atoms with Crippen LogP contribution in [0.15, 0.2) is 30.5 Å². The van der Waals surface area contributed by atoms with Gasteiger partial charge in [-0.2, -0.15) is 4.98 Å². The molecule has 3 rings (SSSR count). The molecule has 0 radical (unpaired) electrons. The molecule has 10 heteroatoms. The number of carbonyl (C=O) groups excluding carboxylic acids is 2. The van der Waals surface area contributed by atoms with E-state index < -0.39 is 17.7 Å². The van der Waals surface area contributed by atoms with Gasteiger partial charge >= 0.3 is 6.09 Å². The Morgan fingerprint density at radius 1 is 1.24 bits per heavy atom. The topological polar surface area (TPSA) is 108 Å². The number of aromatic nitrogens is 2. The highest BCUT2D eigenvalue weighted by molar-refractivity contribution is 5.85. The number of ether oxygens (including phenoxy) is 1. The molecule has 0 spiro atoms. The lowest BCUT2D eigenvalue weighted by molar-refractivity contribution is -0.126. The van der Waals surface area contributed by atoms with E-state index in [1.165, 1.54) is 17.0 Å². The number of amides is 2. The Morgan fingerprint density at radius 2 is 1.92 bits per heavy atom. The molecule has 1 atom stereocenters. The second-order valence-corrected chi connectivity index (χ2v) is 10.4. The van der Waals surface area contributed by atoms with Gasteiger partial charge in [-0.1, -0.05) is 18.8 Å². The van der Waals surface area contributed by atoms with Crippen LogP contribution in [0.25, 0.3) is 0 Å². The number of benzene rings is 1. The van der Waals surface area contributed by atoms with Crippen LogP contribution in [0.5, 0.6) is 0 Å². The smallest absolute Gasteiger partial charge is 0.410 e. The minimum absolute atomic E-state index is 0.00695. The summed E-state index contributed by atoms with van der Waals surface area (Å²) in [6, 6.07) is 5.33. The number of anilines is 3. The highest BCUT2D eigenvalue weighted by atomic mass is 19.1. The molecule has 0 unspecified atom stereocenters. The van der Waals surface area contributed by atoms with E-state index in [2.05, 4.69) is 44.7 Å². The van der Waals surface area contributed by atoms with Crippen LogP contribution in [0.3, 0.4) is 0 Å². The van der Waals surface area contributed by atoms with Crippen LogP contribution in [0.1, 0.15) is 59.4 Å². The van der Waals surface area contributed by atoms with Crippen molar-refractivity contribution in [1.29, 1.82) is 0 Å². The summed E-state index contributed by atoms with van der Waals surface area (Å²) in [5.74, 6) is 7.05. The third-order valence-electron chi connectivity index (χ3n) is 5.97. The molecule has 0 bridgehead atoms. The monoisotopic (exact) mass is 524 g/mol. The SMILES string of the molecule is CCCNc1nc(Nc2ccc(F)cc2)ncc1C#CC1CC(NC(=O)[C@H](C)N(C)C(=O)OC(C)(C)C)C1. The maximum Gasteiger partial charge on any atom is 0.410 e. The van der Waals surface area contributed by atoms with Gasteiger partial charge in [-0.3, -0.25) is 9.69 Å². The van der Waals surface area contributed by atoms with Crippen LogP contribution in [0, 0.1) is 23.6 Å². The molecule has 1 aromatic heterocycles. The van der Waals surface area contributed by atoms with E-state index in [4.69, 9.17) is 4.74 Å². The lowest BCUT2D eigenvalue weighted by Gasteiger charge is -2.34. The van der Waals surface area contributed by atoms with Crippen molar-refractivity contribution in [3.8, 4) is 11.8 Å². The predicted octanol–water partition coefficient (Wildman–Crippen LogP) is 4.68. The van der Waals surface area contributed by atoms with E-state index >= 15 is 0 Å². The minimum Gasteiger partial charge on any atom is -0.444 e. The predicted molar refractivity (Wildman–Crippen MR) is 145 cm³/mol. The van der Waals surface area contributed by atoms with Gasteiger partial charge in [-0.25, -0.2) is 14.2 Å². The maximum atomic E-state index is 13.2. The Hall–Kier alpha value is -3.87. The Morgan fingerprint density at radius 3 is 2.55 bits per heavy atom. The summed E-state index contributed by atoms with van der Waals surface area (Å²) < 4.78 is 18.5. The van der Waals surface area contributed by atoms with Gasteiger partial charge in [0, 0.05) is 31.2 Å². The number of nitrogens with zero attached hydrogens (tertiary/aromatic N) is 3. The average molecular weight is 525 g/mol. The Balaban J connectivity index is 1.56. The molecule has 204 valence electrons. The van der Waals surface area contributed by atoms with Crippen molar-refractivity contribution < 1.29 is 18.7 Å². The minimum atomic E-state index is -0.652. The number of hydrogen-bond acceptors (Lipinski definition) is 7. The first-order chi connectivity index (χ1) is 17.9. The molecule has 0 aliphatic heterocycles. The molecule has 1 heterocycles. The van der Waals surface area contributed by atoms with Crippen LogP contribution in [0.4, 0.5) is 26.6 Å². The molecule has 1 aromatic carbocycles. The summed E-state index contributed by atoms with van der Waals surface area (Å²) in [5, 5.41) is 9.35. The van der Waals surface area contributed by atoms with Gasteiger partial charge in [0.15, 0.2) is 0 Å². The molecule has 3 N–H and O–H groups in total. The van der Waals surface area contributed by atoms with Crippen molar-refractivity contribution in [1.82, 2.24) is 20.2 Å². The Labute approximate surface area is 224 Å². The van der Waals surface area contributed by atoms with Crippen LogP contribution >= 0.6 is 0 Å². The normalized spacial score (nSPS) is 17.2. The fraction of sp³-hybridized carbons (Fsp3) is 0.500. The third-order valence-corrected chi connectivity index (χ3v) is 5.97. The fourth-order valence-corrected chi connectivity index (χ4v) is 3.60. The van der Waals surface area contributed by atoms with E-state index in [9.17, 15) is 14.0 Å². The first-order valence-electron chi connectivity index (χ1n) is 12.9. The first-order valence-corrected chi connectivity index (χ1v) is 12.9. The zero-order valence-electron chi connectivity index (χ0n) is 22.9. The summed E-state index contributed by atoms with van der Waals surface area (Å²) in [7, 11) is 1.56. The van der Waals surface area contributed by atoms with Gasteiger partial charge in [-0.15, -0.1) is 0 Å². The highest BCUT2D eigenvalue weighted by Gasteiger charge is 2.32. The number of hydrogen-bond donors (Lipinski definition) is 3. The first kappa shape index (κ1) is 28.7. The average Bonchev–Trinajstić information content (AvgIpc) is 2.84. The van der Waals surface area contributed by atoms with E-state index in [-0.39, 0.29) is 23.7 Å². The number of carbonyl (C=O) groups is 2. The van der Waals surface area contributed by atoms with Crippen LogP contribution in [-0.2, 0) is 9.53 Å². The second kappa shape index (κ2) is 12.6. The van der Waals surface area contributed by atoms with Gasteiger partial charge in [0.25, 0.3) is 0 Å². The molecule has 0 saturated heterocycles. The van der Waals surface area contributed by atoms with Crippen molar-refractivity contribution in [3.05, 3.63) is 41.8 Å². The van der Waals surface area contributed by atoms with E-state index in [0.717, 1.165) is 25.8 Å². The van der Waals surface area contributed by atoms with Crippen molar-refractivity contribution >= 4 is 29.5 Å². The van der Waals surface area contributed by atoms with Crippen molar-refractivity contribution in [2.75, 3.05) is 24.2 Å². The molecule has 2 amide bonds. The van der Waals surface area contributed by atoms with E-state index in [1.54, 1.807) is 53.1 Å². The summed E-state index contributed by atoms with van der Waals surface area (Å²) in [6.45, 7) is 9.82. The number of nitrogens with one attached hydrogen (secondary N) is 3. The van der Waals surface area contributed by atoms with Crippen LogP contribution in [0.2, 0.25) is 0 Å². The number of likely N-dealkylation sites (N-methyl/N-ethyl adjacent to an activating group) is 1. The highest BCUT2D eigenvalue weighted by Crippen LogP contribution is 2.27. The molecular weight excluding hydrogens is 487 g/mol. The number of rotatable bonds is 8. The summed E-state index contributed by atoms with van der Waals surface area (Å²) >= 11 is 0. The second-order valence-electron chi connectivity index (χ2n) is 10.4. The van der Waals surface area contributed by atoms with Gasteiger partial charge < -0.3 is 20.7 Å². The van der Waals surface area contributed by atoms with Crippen LogP contribution in [-0.4, -0.2) is 58.1 Å². The molecular formula is C28H37FN6O3. The van der Waals surface area contributed by atoms with Crippen molar-refractivity contribution in [2.24, 2.45) is 5.92 Å². The zero-order valence-corrected chi connectivity index (χ0v) is 22.9. The quantitative estimate of drug-likeness (QED) is 0.430. The molecule has 1 saturated carbocycles. The van der Waals surface area contributed by atoms with Gasteiger partial charge in [0.1, 0.15) is 23.3 Å². The Bertz CT molecular complexity index is 1180. The maximum absolute atomic E-state index is 13.2. The molecule has 1 aliphatic rings. The van der Waals surface area contributed by atoms with Gasteiger partial charge in [0.2, 0.25) is 11.9 Å². The summed E-state index contributed by atoms with van der Waals surface area (Å²) in [5.41, 5.74) is 0.738. The molecule has 9 nitrogen and oxygen atoms in total. The van der Waals surface area contributed by atoms with Crippen LogP contribution < -0.4 is 16.0 Å². The van der Waals surface area contributed by atoms with Gasteiger partial charge in [-0.05, 0) is 71.2 Å². The van der Waals surface area contributed by atoms with E-state index in [1.807, 2.05) is 0 Å². The molecule has 1 aliphatic carbocycles. The summed E-state index contributed by atoms with van der Waals surface area (Å²) in [4.78, 5) is 35.1. The summed E-state index contributed by atoms with van der Waals surface area (Å²) in [6.07, 6.45) is 3.50. The van der Waals surface area contributed by atoms with Crippen molar-refractivity contribution in [2.45, 2.75) is 71.6 Å². The Kier molecular flexibility index (Phi) is 9.50. The fourth-order valence-electron chi connectivity index (χ4n) is 3.60. The lowest BCUT2D eigenvalue weighted by Crippen LogP contribution is -2.52. The molecule has 2 aromatic rings. The molecule has 38 heavy (non-hydrogen) atoms. The molecule has 1 fully saturated rings. The largest absolute Gasteiger partial charge is 0.444 e.